The van der Waals surface area contributed by atoms with E-state index >= 15 is 0 Å². The quantitative estimate of drug-likeness (QED) is 0.819. The molecule has 0 radical (unpaired) electrons. The van der Waals surface area contributed by atoms with Gasteiger partial charge in [-0.1, -0.05) is 11.6 Å². The fourth-order valence-corrected chi connectivity index (χ4v) is 1.98. The Hall–Kier alpha value is -0.840. The Bertz CT molecular complexity index is 409. The van der Waals surface area contributed by atoms with Crippen LogP contribution in [0.4, 0.5) is 4.39 Å². The van der Waals surface area contributed by atoms with Gasteiger partial charge in [-0.05, 0) is 24.6 Å². The lowest BCUT2D eigenvalue weighted by atomic mass is 10.1. The van der Waals surface area contributed by atoms with Gasteiger partial charge in [0.15, 0.2) is 0 Å². The van der Waals surface area contributed by atoms with Gasteiger partial charge in [0.1, 0.15) is 5.82 Å². The number of halogens is 3. The van der Waals surface area contributed by atoms with E-state index in [1.54, 1.807) is 0 Å². The van der Waals surface area contributed by atoms with E-state index in [1.165, 1.54) is 19.2 Å². The van der Waals surface area contributed by atoms with Crippen LogP contribution in [-0.4, -0.2) is 31.5 Å². The molecular weight excluding hydrogens is 280 g/mol. The van der Waals surface area contributed by atoms with Crippen LogP contribution in [-0.2, 0) is 4.74 Å². The molecule has 18 heavy (non-hydrogen) atoms. The second kappa shape index (κ2) is 7.56. The van der Waals surface area contributed by atoms with E-state index in [-0.39, 0.29) is 22.5 Å². The zero-order valence-corrected chi connectivity index (χ0v) is 11.4. The maximum Gasteiger partial charge on any atom is 0.253 e. The number of amides is 1. The summed E-state index contributed by atoms with van der Waals surface area (Å²) in [7, 11) is 1.54. The molecular formula is C12H14Cl2FNO2. The third-order valence-corrected chi connectivity index (χ3v) is 2.87. The number of hydrogen-bond acceptors (Lipinski definition) is 2. The summed E-state index contributed by atoms with van der Waals surface area (Å²) in [5.74, 6) is -0.441. The topological polar surface area (TPSA) is 38.3 Å². The Morgan fingerprint density at radius 3 is 2.83 bits per heavy atom. The fraction of sp³-hybridized carbons (Fsp3) is 0.417. The van der Waals surface area contributed by atoms with E-state index < -0.39 is 5.82 Å². The molecule has 1 N–H and O–H groups in total. The van der Waals surface area contributed by atoms with E-state index in [1.807, 2.05) is 0 Å². The van der Waals surface area contributed by atoms with E-state index in [0.29, 0.717) is 18.9 Å². The van der Waals surface area contributed by atoms with E-state index in [9.17, 15) is 9.18 Å². The van der Waals surface area contributed by atoms with Crippen molar-refractivity contribution >= 4 is 29.1 Å². The summed E-state index contributed by atoms with van der Waals surface area (Å²) in [4.78, 5) is 11.9. The molecule has 1 atom stereocenters. The minimum Gasteiger partial charge on any atom is -0.383 e. The average Bonchev–Trinajstić information content (AvgIpc) is 2.29. The number of nitrogens with one attached hydrogen (secondary N) is 1. The highest BCUT2D eigenvalue weighted by Crippen LogP contribution is 2.17. The molecule has 1 rings (SSSR count). The Kier molecular flexibility index (Phi) is 6.39. The van der Waals surface area contributed by atoms with Crippen LogP contribution in [0.25, 0.3) is 0 Å². The molecule has 0 saturated carbocycles. The maximum atomic E-state index is 12.9. The van der Waals surface area contributed by atoms with Crippen LogP contribution in [0.3, 0.4) is 0 Å². The first-order chi connectivity index (χ1) is 8.58. The third kappa shape index (κ3) is 4.44. The number of carbonyl (C=O) groups is 1. The van der Waals surface area contributed by atoms with Crippen LogP contribution < -0.4 is 5.32 Å². The molecule has 0 aromatic heterocycles. The van der Waals surface area contributed by atoms with E-state index in [4.69, 9.17) is 27.9 Å². The zero-order valence-electron chi connectivity index (χ0n) is 9.88. The summed E-state index contributed by atoms with van der Waals surface area (Å²) in [6, 6.07) is 3.44. The molecule has 6 heteroatoms. The molecule has 0 aliphatic carbocycles. The molecule has 0 aliphatic heterocycles. The second-order valence-electron chi connectivity index (χ2n) is 3.73. The lowest BCUT2D eigenvalue weighted by Crippen LogP contribution is -2.38. The summed E-state index contributed by atoms with van der Waals surface area (Å²) >= 11 is 11.4. The highest BCUT2D eigenvalue weighted by molar-refractivity contribution is 6.33. The number of hydrogen-bond donors (Lipinski definition) is 1. The number of methoxy groups -OCH3 is 1. The van der Waals surface area contributed by atoms with Gasteiger partial charge in [0.2, 0.25) is 0 Å². The van der Waals surface area contributed by atoms with Gasteiger partial charge in [-0.25, -0.2) is 4.39 Å². The molecule has 1 aromatic carbocycles. The zero-order chi connectivity index (χ0) is 13.5. The Morgan fingerprint density at radius 2 is 2.28 bits per heavy atom. The highest BCUT2D eigenvalue weighted by Gasteiger charge is 2.15. The first kappa shape index (κ1) is 15.2. The van der Waals surface area contributed by atoms with Crippen molar-refractivity contribution in [2.75, 3.05) is 19.6 Å². The van der Waals surface area contributed by atoms with Crippen molar-refractivity contribution in [3.63, 3.8) is 0 Å². The lowest BCUT2D eigenvalue weighted by molar-refractivity contribution is 0.0895. The number of ether oxygens (including phenoxy) is 1. The fourth-order valence-electron chi connectivity index (χ4n) is 1.47. The van der Waals surface area contributed by atoms with Crippen LogP contribution in [0.2, 0.25) is 5.02 Å². The lowest BCUT2D eigenvalue weighted by Gasteiger charge is -2.17. The summed E-state index contributed by atoms with van der Waals surface area (Å²) in [6.45, 7) is 0.358. The molecule has 1 unspecified atom stereocenters. The molecule has 0 aliphatic rings. The standard InChI is InChI=1S/C12H14Cl2FNO2/c1-18-7-9(4-5-13)16-12(17)10-3-2-8(15)6-11(10)14/h2-3,6,9H,4-5,7H2,1H3,(H,16,17). The monoisotopic (exact) mass is 293 g/mol. The van der Waals surface area contributed by atoms with Crippen molar-refractivity contribution in [1.29, 1.82) is 0 Å². The summed E-state index contributed by atoms with van der Waals surface area (Å²) in [5, 5.41) is 2.82. The maximum absolute atomic E-state index is 12.9. The van der Waals surface area contributed by atoms with E-state index in [0.717, 1.165) is 6.07 Å². The van der Waals surface area contributed by atoms with Gasteiger partial charge >= 0.3 is 0 Å². The van der Waals surface area contributed by atoms with Gasteiger partial charge in [0.05, 0.1) is 23.2 Å². The molecule has 0 fully saturated rings. The highest BCUT2D eigenvalue weighted by atomic mass is 35.5. The largest absolute Gasteiger partial charge is 0.383 e. The van der Waals surface area contributed by atoms with Crippen LogP contribution in [0.1, 0.15) is 16.8 Å². The Labute approximate surface area is 115 Å². The van der Waals surface area contributed by atoms with Crippen LogP contribution in [0.15, 0.2) is 18.2 Å². The number of carbonyl (C=O) groups excluding carboxylic acids is 1. The van der Waals surface area contributed by atoms with Gasteiger partial charge in [-0.2, -0.15) is 0 Å². The minimum atomic E-state index is -0.481. The number of alkyl halides is 1. The molecule has 1 amide bonds. The average molecular weight is 294 g/mol. The van der Waals surface area contributed by atoms with Crippen molar-refractivity contribution in [2.24, 2.45) is 0 Å². The third-order valence-electron chi connectivity index (χ3n) is 2.34. The van der Waals surface area contributed by atoms with Crippen molar-refractivity contribution in [1.82, 2.24) is 5.32 Å². The summed E-state index contributed by atoms with van der Waals surface area (Å²) in [5.41, 5.74) is 0.230. The van der Waals surface area contributed by atoms with Gasteiger partial charge in [0, 0.05) is 13.0 Å². The van der Waals surface area contributed by atoms with Gasteiger partial charge < -0.3 is 10.1 Å². The van der Waals surface area contributed by atoms with Crippen LogP contribution in [0, 0.1) is 5.82 Å². The van der Waals surface area contributed by atoms with Crippen molar-refractivity contribution in [2.45, 2.75) is 12.5 Å². The molecule has 0 heterocycles. The van der Waals surface area contributed by atoms with Gasteiger partial charge in [-0.15, -0.1) is 11.6 Å². The van der Waals surface area contributed by atoms with Crippen LogP contribution in [0.5, 0.6) is 0 Å². The van der Waals surface area contributed by atoms with Gasteiger partial charge in [-0.3, -0.25) is 4.79 Å². The van der Waals surface area contributed by atoms with Crippen molar-refractivity contribution in [3.8, 4) is 0 Å². The SMILES string of the molecule is COCC(CCCl)NC(=O)c1ccc(F)cc1Cl. The number of rotatable bonds is 6. The predicted octanol–water partition coefficient (Wildman–Crippen LogP) is 2.85. The smallest absolute Gasteiger partial charge is 0.253 e. The molecule has 0 bridgehead atoms. The normalized spacial score (nSPS) is 12.2. The first-order valence-electron chi connectivity index (χ1n) is 5.39. The summed E-state index contributed by atoms with van der Waals surface area (Å²) in [6.07, 6.45) is 0.583. The Balaban J connectivity index is 2.73. The van der Waals surface area contributed by atoms with E-state index in [2.05, 4.69) is 5.32 Å². The molecule has 100 valence electrons. The predicted molar refractivity (Wildman–Crippen MR) is 69.9 cm³/mol. The van der Waals surface area contributed by atoms with Crippen molar-refractivity contribution in [3.05, 3.63) is 34.6 Å². The molecule has 1 aromatic rings. The van der Waals surface area contributed by atoms with Gasteiger partial charge in [0.25, 0.3) is 5.91 Å². The second-order valence-corrected chi connectivity index (χ2v) is 4.51. The minimum absolute atomic E-state index is 0.0783. The Morgan fingerprint density at radius 1 is 1.56 bits per heavy atom. The van der Waals surface area contributed by atoms with Crippen molar-refractivity contribution < 1.29 is 13.9 Å². The summed E-state index contributed by atoms with van der Waals surface area (Å²) < 4.78 is 17.8. The number of benzene rings is 1. The van der Waals surface area contributed by atoms with Crippen LogP contribution >= 0.6 is 23.2 Å². The molecule has 0 spiro atoms. The first-order valence-corrected chi connectivity index (χ1v) is 6.30. The molecule has 3 nitrogen and oxygen atoms in total. The molecule has 0 saturated heterocycles.